The molecule has 0 saturated carbocycles. The van der Waals surface area contributed by atoms with Crippen LogP contribution in [-0.2, 0) is 11.3 Å². The highest BCUT2D eigenvalue weighted by atomic mass is 16.2. The summed E-state index contributed by atoms with van der Waals surface area (Å²) in [6.45, 7) is 8.28. The number of amides is 1. The van der Waals surface area contributed by atoms with E-state index in [0.29, 0.717) is 0 Å². The highest BCUT2D eigenvalue weighted by Gasteiger charge is 2.21. The van der Waals surface area contributed by atoms with E-state index in [2.05, 4.69) is 16.8 Å². The van der Waals surface area contributed by atoms with Gasteiger partial charge in [0.1, 0.15) is 0 Å². The molecule has 1 aromatic heterocycles. The number of hydrogen-bond donors (Lipinski definition) is 0. The van der Waals surface area contributed by atoms with Crippen LogP contribution in [0.2, 0.25) is 0 Å². The maximum atomic E-state index is 12.2. The number of nitrogens with zero attached hydrogens (tertiary/aromatic N) is 3. The molecule has 0 unspecified atom stereocenters. The molecule has 4 nitrogen and oxygen atoms in total. The summed E-state index contributed by atoms with van der Waals surface area (Å²) >= 11 is 0. The minimum Gasteiger partial charge on any atom is -0.336 e. The second kappa shape index (κ2) is 7.20. The number of pyridine rings is 1. The third-order valence-electron chi connectivity index (χ3n) is 3.62. The first kappa shape index (κ1) is 14.7. The van der Waals surface area contributed by atoms with Crippen molar-refractivity contribution in [2.45, 2.75) is 26.8 Å². The van der Waals surface area contributed by atoms with Crippen LogP contribution in [0.25, 0.3) is 0 Å². The van der Waals surface area contributed by atoms with Gasteiger partial charge in [-0.3, -0.25) is 14.7 Å². The van der Waals surface area contributed by atoms with E-state index >= 15 is 0 Å². The molecule has 1 fully saturated rings. The summed E-state index contributed by atoms with van der Waals surface area (Å²) < 4.78 is 0. The van der Waals surface area contributed by atoms with Gasteiger partial charge >= 0.3 is 0 Å². The summed E-state index contributed by atoms with van der Waals surface area (Å²) in [6, 6.07) is 6.00. The number of aromatic nitrogens is 1. The van der Waals surface area contributed by atoms with Crippen molar-refractivity contribution in [3.05, 3.63) is 41.7 Å². The second-order valence-corrected chi connectivity index (χ2v) is 5.18. The van der Waals surface area contributed by atoms with Crippen LogP contribution in [0.1, 0.15) is 26.0 Å². The van der Waals surface area contributed by atoms with Crippen LogP contribution in [-0.4, -0.2) is 46.9 Å². The molecule has 1 aliphatic heterocycles. The van der Waals surface area contributed by atoms with Gasteiger partial charge in [-0.1, -0.05) is 19.1 Å². The smallest absolute Gasteiger partial charge is 0.249 e. The Morgan fingerprint density at radius 2 is 2.05 bits per heavy atom. The molecule has 0 N–H and O–H groups in total. The van der Waals surface area contributed by atoms with E-state index in [1.807, 2.05) is 42.3 Å². The highest BCUT2D eigenvalue weighted by Crippen LogP contribution is 2.10. The zero-order chi connectivity index (χ0) is 14.4. The molecule has 1 aliphatic rings. The standard InChI is InChI=1S/C16H23N3O/c1-3-6-14(2)16(20)19-11-9-18(10-12-19)13-15-7-4-5-8-17-15/h4-8H,3,9-13H2,1-2H3/b14-6+. The lowest BCUT2D eigenvalue weighted by Gasteiger charge is -2.34. The first-order valence-electron chi connectivity index (χ1n) is 7.29. The van der Waals surface area contributed by atoms with E-state index < -0.39 is 0 Å². The van der Waals surface area contributed by atoms with Crippen molar-refractivity contribution in [1.82, 2.24) is 14.8 Å². The molecule has 20 heavy (non-hydrogen) atoms. The molecule has 0 radical (unpaired) electrons. The molecular weight excluding hydrogens is 250 g/mol. The van der Waals surface area contributed by atoms with Crippen LogP contribution in [0.3, 0.4) is 0 Å². The van der Waals surface area contributed by atoms with Gasteiger partial charge in [0, 0.05) is 44.5 Å². The van der Waals surface area contributed by atoms with Gasteiger partial charge in [-0.2, -0.15) is 0 Å². The van der Waals surface area contributed by atoms with Gasteiger partial charge in [-0.15, -0.1) is 0 Å². The van der Waals surface area contributed by atoms with Gasteiger partial charge < -0.3 is 4.90 Å². The largest absolute Gasteiger partial charge is 0.336 e. The minimum absolute atomic E-state index is 0.185. The topological polar surface area (TPSA) is 36.4 Å². The first-order valence-corrected chi connectivity index (χ1v) is 7.29. The third kappa shape index (κ3) is 3.90. The van der Waals surface area contributed by atoms with E-state index in [4.69, 9.17) is 0 Å². The van der Waals surface area contributed by atoms with Crippen LogP contribution in [0.5, 0.6) is 0 Å². The average Bonchev–Trinajstić information content (AvgIpc) is 2.48. The zero-order valence-electron chi connectivity index (χ0n) is 12.4. The summed E-state index contributed by atoms with van der Waals surface area (Å²) in [4.78, 5) is 20.8. The summed E-state index contributed by atoms with van der Waals surface area (Å²) in [5.74, 6) is 0.185. The van der Waals surface area contributed by atoms with Gasteiger partial charge in [0.25, 0.3) is 0 Å². The molecule has 108 valence electrons. The zero-order valence-corrected chi connectivity index (χ0v) is 12.4. The predicted octanol–water partition coefficient (Wildman–Crippen LogP) is 2.08. The molecule has 0 aromatic carbocycles. The monoisotopic (exact) mass is 273 g/mol. The first-order chi connectivity index (χ1) is 9.70. The number of carbonyl (C=O) groups is 1. The molecule has 1 amide bonds. The Balaban J connectivity index is 1.83. The summed E-state index contributed by atoms with van der Waals surface area (Å²) in [5, 5.41) is 0. The molecule has 2 rings (SSSR count). The average molecular weight is 273 g/mol. The molecule has 1 saturated heterocycles. The highest BCUT2D eigenvalue weighted by molar-refractivity contribution is 5.92. The lowest BCUT2D eigenvalue weighted by atomic mass is 10.2. The summed E-state index contributed by atoms with van der Waals surface area (Å²) in [5.41, 5.74) is 1.96. The maximum absolute atomic E-state index is 12.2. The normalized spacial score (nSPS) is 17.3. The lowest BCUT2D eigenvalue weighted by Crippen LogP contribution is -2.48. The fourth-order valence-corrected chi connectivity index (χ4v) is 2.47. The van der Waals surface area contributed by atoms with Crippen molar-refractivity contribution in [2.75, 3.05) is 26.2 Å². The molecule has 2 heterocycles. The quantitative estimate of drug-likeness (QED) is 0.788. The Morgan fingerprint density at radius 1 is 1.30 bits per heavy atom. The fourth-order valence-electron chi connectivity index (χ4n) is 2.47. The van der Waals surface area contributed by atoms with Crippen molar-refractivity contribution in [3.63, 3.8) is 0 Å². The van der Waals surface area contributed by atoms with Crippen molar-refractivity contribution in [1.29, 1.82) is 0 Å². The molecule has 1 aromatic rings. The predicted molar refractivity (Wildman–Crippen MR) is 80.1 cm³/mol. The molecule has 0 bridgehead atoms. The van der Waals surface area contributed by atoms with E-state index in [9.17, 15) is 4.79 Å². The van der Waals surface area contributed by atoms with E-state index in [-0.39, 0.29) is 5.91 Å². The number of hydrogen-bond acceptors (Lipinski definition) is 3. The lowest BCUT2D eigenvalue weighted by molar-refractivity contribution is -0.128. The van der Waals surface area contributed by atoms with E-state index in [1.54, 1.807) is 0 Å². The fraction of sp³-hybridized carbons (Fsp3) is 0.500. The van der Waals surface area contributed by atoms with Crippen LogP contribution < -0.4 is 0 Å². The van der Waals surface area contributed by atoms with Gasteiger partial charge in [-0.05, 0) is 25.5 Å². The Bertz CT molecular complexity index is 462. The maximum Gasteiger partial charge on any atom is 0.249 e. The number of rotatable bonds is 4. The summed E-state index contributed by atoms with van der Waals surface area (Å²) in [6.07, 6.45) is 4.74. The summed E-state index contributed by atoms with van der Waals surface area (Å²) in [7, 11) is 0. The van der Waals surface area contributed by atoms with E-state index in [1.165, 1.54) is 0 Å². The van der Waals surface area contributed by atoms with Gasteiger partial charge in [0.15, 0.2) is 0 Å². The Hall–Kier alpha value is -1.68. The minimum atomic E-state index is 0.185. The van der Waals surface area contributed by atoms with Crippen molar-refractivity contribution >= 4 is 5.91 Å². The van der Waals surface area contributed by atoms with Crippen LogP contribution in [0.15, 0.2) is 36.0 Å². The van der Waals surface area contributed by atoms with Gasteiger partial charge in [-0.25, -0.2) is 0 Å². The van der Waals surface area contributed by atoms with Crippen LogP contribution in [0.4, 0.5) is 0 Å². The number of piperazine rings is 1. The Kier molecular flexibility index (Phi) is 5.30. The van der Waals surface area contributed by atoms with Gasteiger partial charge in [0.2, 0.25) is 5.91 Å². The number of allylic oxidation sites excluding steroid dienone is 1. The molecular formula is C16H23N3O. The molecule has 0 aliphatic carbocycles. The third-order valence-corrected chi connectivity index (χ3v) is 3.62. The Labute approximate surface area is 121 Å². The molecule has 4 heteroatoms. The van der Waals surface area contributed by atoms with Crippen LogP contribution >= 0.6 is 0 Å². The Morgan fingerprint density at radius 3 is 2.65 bits per heavy atom. The second-order valence-electron chi connectivity index (χ2n) is 5.18. The SMILES string of the molecule is CC/C=C(\C)C(=O)N1CCN(Cc2ccccn2)CC1. The van der Waals surface area contributed by atoms with Crippen LogP contribution in [0, 0.1) is 0 Å². The molecule has 0 atom stereocenters. The van der Waals surface area contributed by atoms with E-state index in [0.717, 1.165) is 50.4 Å². The van der Waals surface area contributed by atoms with Gasteiger partial charge in [0.05, 0.1) is 5.69 Å². The van der Waals surface area contributed by atoms with Crippen molar-refractivity contribution in [2.24, 2.45) is 0 Å². The molecule has 0 spiro atoms. The van der Waals surface area contributed by atoms with Crippen molar-refractivity contribution < 1.29 is 4.79 Å². The van der Waals surface area contributed by atoms with Crippen molar-refractivity contribution in [3.8, 4) is 0 Å². The number of carbonyl (C=O) groups excluding carboxylic acids is 1.